The first kappa shape index (κ1) is 16.5. The van der Waals surface area contributed by atoms with Crippen molar-refractivity contribution in [3.63, 3.8) is 0 Å². The van der Waals surface area contributed by atoms with Gasteiger partial charge in [-0.2, -0.15) is 0 Å². The minimum absolute atomic E-state index is 0.152. The van der Waals surface area contributed by atoms with E-state index in [-0.39, 0.29) is 17.9 Å². The highest BCUT2D eigenvalue weighted by molar-refractivity contribution is 5.79. The van der Waals surface area contributed by atoms with Crippen LogP contribution in [-0.2, 0) is 9.53 Å². The maximum atomic E-state index is 12.1. The first-order valence-electron chi connectivity index (χ1n) is 7.67. The summed E-state index contributed by atoms with van der Waals surface area (Å²) in [6.45, 7) is 6.58. The third-order valence-corrected chi connectivity index (χ3v) is 3.47. The van der Waals surface area contributed by atoms with Crippen molar-refractivity contribution in [2.75, 3.05) is 11.9 Å². The van der Waals surface area contributed by atoms with E-state index in [9.17, 15) is 4.79 Å². The number of anilines is 1. The van der Waals surface area contributed by atoms with Crippen LogP contribution in [0.5, 0.6) is 0 Å². The predicted molar refractivity (Wildman–Crippen MR) is 83.8 cm³/mol. The minimum Gasteiger partial charge on any atom is -0.464 e. The Labute approximate surface area is 122 Å². The molecule has 1 N–H and O–H groups in total. The summed E-state index contributed by atoms with van der Waals surface area (Å²) < 4.78 is 5.20. The highest BCUT2D eigenvalue weighted by atomic mass is 16.5. The van der Waals surface area contributed by atoms with Crippen LogP contribution in [0.25, 0.3) is 0 Å². The normalized spacial score (nSPS) is 13.6. The van der Waals surface area contributed by atoms with Crippen LogP contribution in [0.2, 0.25) is 0 Å². The highest BCUT2D eigenvalue weighted by Gasteiger charge is 2.25. The van der Waals surface area contributed by atoms with Gasteiger partial charge in [0.2, 0.25) is 0 Å². The van der Waals surface area contributed by atoms with E-state index in [1.807, 2.05) is 37.3 Å². The molecule has 20 heavy (non-hydrogen) atoms. The fraction of sp³-hybridized carbons (Fsp3) is 0.588. The fourth-order valence-electron chi connectivity index (χ4n) is 2.26. The van der Waals surface area contributed by atoms with Gasteiger partial charge in [-0.3, -0.25) is 0 Å². The quantitative estimate of drug-likeness (QED) is 0.542. The van der Waals surface area contributed by atoms with Crippen LogP contribution < -0.4 is 5.32 Å². The molecule has 0 amide bonds. The lowest BCUT2D eigenvalue weighted by Gasteiger charge is -2.24. The first-order chi connectivity index (χ1) is 9.69. The first-order valence-corrected chi connectivity index (χ1v) is 7.67. The Balaban J connectivity index is 2.66. The maximum Gasteiger partial charge on any atom is 0.328 e. The van der Waals surface area contributed by atoms with Crippen molar-refractivity contribution >= 4 is 11.7 Å². The molecule has 0 saturated heterocycles. The zero-order chi connectivity index (χ0) is 14.8. The number of carbonyl (C=O) groups is 1. The van der Waals surface area contributed by atoms with Crippen molar-refractivity contribution in [2.45, 2.75) is 52.5 Å². The van der Waals surface area contributed by atoms with Crippen LogP contribution in [0.4, 0.5) is 5.69 Å². The van der Waals surface area contributed by atoms with Crippen LogP contribution in [0.1, 0.15) is 46.5 Å². The Kier molecular flexibility index (Phi) is 7.78. The lowest BCUT2D eigenvalue weighted by molar-refractivity contribution is -0.145. The lowest BCUT2D eigenvalue weighted by atomic mass is 9.95. The molecule has 0 aliphatic rings. The van der Waals surface area contributed by atoms with E-state index >= 15 is 0 Å². The second kappa shape index (κ2) is 9.40. The number of para-hydroxylation sites is 1. The summed E-state index contributed by atoms with van der Waals surface area (Å²) in [5.74, 6) is 0.112. The molecule has 0 saturated carbocycles. The van der Waals surface area contributed by atoms with Gasteiger partial charge in [-0.25, -0.2) is 4.79 Å². The van der Waals surface area contributed by atoms with Crippen molar-refractivity contribution in [1.82, 2.24) is 0 Å². The van der Waals surface area contributed by atoms with Crippen LogP contribution in [0, 0.1) is 5.92 Å². The monoisotopic (exact) mass is 277 g/mol. The molecular formula is C17H27NO2. The van der Waals surface area contributed by atoms with Gasteiger partial charge in [-0.15, -0.1) is 0 Å². The number of unbranched alkanes of at least 4 members (excludes halogenated alkanes) is 2. The van der Waals surface area contributed by atoms with Gasteiger partial charge in [0.25, 0.3) is 0 Å². The van der Waals surface area contributed by atoms with Gasteiger partial charge in [0.15, 0.2) is 0 Å². The van der Waals surface area contributed by atoms with Gasteiger partial charge in [0.05, 0.1) is 6.61 Å². The van der Waals surface area contributed by atoms with E-state index < -0.39 is 0 Å². The standard InChI is InChI=1S/C17H27NO2/c1-4-6-8-11-14(3)16(17(19)20-5-2)18-15-12-9-7-10-13-15/h7,9-10,12-14,16,18H,4-6,8,11H2,1-3H3. The molecular weight excluding hydrogens is 250 g/mol. The summed E-state index contributed by atoms with van der Waals surface area (Å²) in [6.07, 6.45) is 4.61. The van der Waals surface area contributed by atoms with Crippen LogP contribution in [0.3, 0.4) is 0 Å². The summed E-state index contributed by atoms with van der Waals surface area (Å²) >= 11 is 0. The predicted octanol–water partition coefficient (Wildman–Crippen LogP) is 4.25. The Morgan fingerprint density at radius 3 is 2.50 bits per heavy atom. The molecule has 2 atom stereocenters. The van der Waals surface area contributed by atoms with Crippen LogP contribution in [0.15, 0.2) is 30.3 Å². The number of benzene rings is 1. The second-order valence-electron chi connectivity index (χ2n) is 5.21. The minimum atomic E-state index is -0.269. The van der Waals surface area contributed by atoms with E-state index in [1.54, 1.807) is 0 Å². The van der Waals surface area contributed by atoms with Gasteiger partial charge < -0.3 is 10.1 Å². The summed E-state index contributed by atoms with van der Waals surface area (Å²) in [4.78, 5) is 12.1. The zero-order valence-corrected chi connectivity index (χ0v) is 12.9. The van der Waals surface area contributed by atoms with Crippen LogP contribution in [-0.4, -0.2) is 18.6 Å². The number of hydrogen-bond acceptors (Lipinski definition) is 3. The molecule has 0 bridgehead atoms. The molecule has 0 spiro atoms. The van der Waals surface area contributed by atoms with E-state index in [0.29, 0.717) is 6.61 Å². The average molecular weight is 277 g/mol. The fourth-order valence-corrected chi connectivity index (χ4v) is 2.26. The molecule has 0 aromatic heterocycles. The summed E-state index contributed by atoms with van der Waals surface area (Å²) in [5, 5.41) is 3.32. The topological polar surface area (TPSA) is 38.3 Å². The third-order valence-electron chi connectivity index (χ3n) is 3.47. The number of ether oxygens (including phenoxy) is 1. The zero-order valence-electron chi connectivity index (χ0n) is 12.9. The molecule has 3 heteroatoms. The molecule has 0 aliphatic heterocycles. The molecule has 2 unspecified atom stereocenters. The number of carbonyl (C=O) groups excluding carboxylic acids is 1. The Bertz CT molecular complexity index is 378. The van der Waals surface area contributed by atoms with E-state index in [1.165, 1.54) is 12.8 Å². The van der Waals surface area contributed by atoms with E-state index in [2.05, 4.69) is 19.2 Å². The average Bonchev–Trinajstić information content (AvgIpc) is 2.46. The van der Waals surface area contributed by atoms with Crippen molar-refractivity contribution < 1.29 is 9.53 Å². The number of esters is 1. The van der Waals surface area contributed by atoms with Gasteiger partial charge in [0.1, 0.15) is 6.04 Å². The highest BCUT2D eigenvalue weighted by Crippen LogP contribution is 2.19. The number of nitrogens with one attached hydrogen (secondary N) is 1. The van der Waals surface area contributed by atoms with Gasteiger partial charge >= 0.3 is 5.97 Å². The lowest BCUT2D eigenvalue weighted by Crippen LogP contribution is -2.37. The van der Waals surface area contributed by atoms with Crippen molar-refractivity contribution in [1.29, 1.82) is 0 Å². The van der Waals surface area contributed by atoms with Gasteiger partial charge in [-0.1, -0.05) is 51.3 Å². The Morgan fingerprint density at radius 1 is 1.20 bits per heavy atom. The van der Waals surface area contributed by atoms with Crippen molar-refractivity contribution in [3.05, 3.63) is 30.3 Å². The van der Waals surface area contributed by atoms with Gasteiger partial charge in [0, 0.05) is 5.69 Å². The second-order valence-corrected chi connectivity index (χ2v) is 5.21. The van der Waals surface area contributed by atoms with E-state index in [4.69, 9.17) is 4.74 Å². The Morgan fingerprint density at radius 2 is 1.90 bits per heavy atom. The molecule has 0 aliphatic carbocycles. The van der Waals surface area contributed by atoms with Crippen LogP contribution >= 0.6 is 0 Å². The molecule has 3 nitrogen and oxygen atoms in total. The summed E-state index contributed by atoms with van der Waals surface area (Å²) in [7, 11) is 0. The van der Waals surface area contributed by atoms with E-state index in [0.717, 1.165) is 18.5 Å². The molecule has 1 rings (SSSR count). The largest absolute Gasteiger partial charge is 0.464 e. The molecule has 1 aromatic rings. The molecule has 0 fully saturated rings. The molecule has 0 heterocycles. The number of rotatable bonds is 9. The molecule has 1 aromatic carbocycles. The number of hydrogen-bond donors (Lipinski definition) is 1. The summed E-state index contributed by atoms with van der Waals surface area (Å²) in [5.41, 5.74) is 0.966. The SMILES string of the molecule is CCCCCC(C)C(Nc1ccccc1)C(=O)OCC. The molecule has 112 valence electrons. The summed E-state index contributed by atoms with van der Waals surface area (Å²) in [6, 6.07) is 9.58. The maximum absolute atomic E-state index is 12.1. The Hall–Kier alpha value is -1.51. The molecule has 0 radical (unpaired) electrons. The smallest absolute Gasteiger partial charge is 0.328 e. The van der Waals surface area contributed by atoms with Gasteiger partial charge in [-0.05, 0) is 31.4 Å². The van der Waals surface area contributed by atoms with Crippen molar-refractivity contribution in [3.8, 4) is 0 Å². The van der Waals surface area contributed by atoms with Crippen molar-refractivity contribution in [2.24, 2.45) is 5.92 Å². The third kappa shape index (κ3) is 5.64.